The molecule has 4 nitrogen and oxygen atoms in total. The highest BCUT2D eigenvalue weighted by Gasteiger charge is 2.33. The normalized spacial score (nSPS) is 16.9. The smallest absolute Gasteiger partial charge is 0.237 e. The van der Waals surface area contributed by atoms with Gasteiger partial charge in [-0.2, -0.15) is 0 Å². The maximum atomic E-state index is 11.6. The molecule has 0 aromatic rings. The lowest BCUT2D eigenvalue weighted by molar-refractivity contribution is -0.124. The molecule has 0 saturated heterocycles. The van der Waals surface area contributed by atoms with Crippen LogP contribution in [-0.4, -0.2) is 41.5 Å². The third-order valence-corrected chi connectivity index (χ3v) is 3.53. The number of carbonyl (C=O) groups excluding carboxylic acids is 1. The number of nitrogens with two attached hydrogens (primary N) is 1. The molecule has 0 bridgehead atoms. The first-order valence-electron chi connectivity index (χ1n) is 7.09. The van der Waals surface area contributed by atoms with Crippen LogP contribution in [0, 0.1) is 0 Å². The van der Waals surface area contributed by atoms with E-state index in [0.717, 1.165) is 25.9 Å². The van der Waals surface area contributed by atoms with Crippen molar-refractivity contribution in [3.63, 3.8) is 0 Å². The van der Waals surface area contributed by atoms with Crippen molar-refractivity contribution in [1.82, 2.24) is 10.2 Å². The molecule has 1 amide bonds. The summed E-state index contributed by atoms with van der Waals surface area (Å²) in [5.74, 6) is -0.267. The zero-order chi connectivity index (χ0) is 14.3. The molecular weight excluding hydrogens is 226 g/mol. The molecule has 0 aliphatic rings. The molecular formula is C14H31N3O. The van der Waals surface area contributed by atoms with E-state index >= 15 is 0 Å². The van der Waals surface area contributed by atoms with Crippen molar-refractivity contribution in [3.05, 3.63) is 0 Å². The predicted molar refractivity (Wildman–Crippen MR) is 77.5 cm³/mol. The van der Waals surface area contributed by atoms with Crippen LogP contribution in [0.3, 0.4) is 0 Å². The van der Waals surface area contributed by atoms with Crippen LogP contribution < -0.4 is 11.1 Å². The summed E-state index contributed by atoms with van der Waals surface area (Å²) >= 11 is 0. The fourth-order valence-corrected chi connectivity index (χ4v) is 2.60. The van der Waals surface area contributed by atoms with E-state index in [9.17, 15) is 4.79 Å². The number of hydrogen-bond donors (Lipinski definition) is 2. The summed E-state index contributed by atoms with van der Waals surface area (Å²) in [7, 11) is 0. The summed E-state index contributed by atoms with van der Waals surface area (Å²) in [5, 5.41) is 3.22. The third kappa shape index (κ3) is 4.94. The highest BCUT2D eigenvalue weighted by molar-refractivity contribution is 5.84. The molecule has 0 aliphatic heterocycles. The quantitative estimate of drug-likeness (QED) is 0.661. The molecule has 108 valence electrons. The number of nitrogens with zero attached hydrogens (tertiary/aromatic N) is 1. The van der Waals surface area contributed by atoms with Crippen LogP contribution in [0.5, 0.6) is 0 Å². The van der Waals surface area contributed by atoms with Crippen LogP contribution in [0.25, 0.3) is 0 Å². The fourth-order valence-electron chi connectivity index (χ4n) is 2.60. The minimum absolute atomic E-state index is 0.267. The van der Waals surface area contributed by atoms with Crippen molar-refractivity contribution >= 4 is 5.91 Å². The fraction of sp³-hybridized carbons (Fsp3) is 0.929. The highest BCUT2D eigenvalue weighted by atomic mass is 16.1. The zero-order valence-electron chi connectivity index (χ0n) is 12.9. The molecule has 2 unspecified atom stereocenters. The minimum atomic E-state index is -0.616. The van der Waals surface area contributed by atoms with Crippen LogP contribution in [-0.2, 0) is 4.79 Å². The minimum Gasteiger partial charge on any atom is -0.368 e. The average Bonchev–Trinajstić information content (AvgIpc) is 2.25. The largest absolute Gasteiger partial charge is 0.368 e. The number of hydrogen-bond acceptors (Lipinski definition) is 3. The standard InChI is InChI=1S/C14H31N3O/c1-7-9-17(11(3)4)12(5)10-14(6,13(15)18)16-8-2/h11-12,16H,7-10H2,1-6H3,(H2,15,18). The lowest BCUT2D eigenvalue weighted by Crippen LogP contribution is -2.56. The van der Waals surface area contributed by atoms with Crippen molar-refractivity contribution < 1.29 is 4.79 Å². The molecule has 0 fully saturated rings. The second-order valence-electron chi connectivity index (χ2n) is 5.61. The molecule has 2 atom stereocenters. The number of nitrogens with one attached hydrogen (secondary N) is 1. The van der Waals surface area contributed by atoms with Crippen LogP contribution in [0.4, 0.5) is 0 Å². The number of amides is 1. The van der Waals surface area contributed by atoms with Crippen LogP contribution in [0.1, 0.15) is 54.4 Å². The van der Waals surface area contributed by atoms with Crippen molar-refractivity contribution in [3.8, 4) is 0 Å². The molecule has 0 aromatic carbocycles. The number of primary amides is 1. The van der Waals surface area contributed by atoms with Gasteiger partial charge in [-0.1, -0.05) is 13.8 Å². The summed E-state index contributed by atoms with van der Waals surface area (Å²) < 4.78 is 0. The van der Waals surface area contributed by atoms with Gasteiger partial charge in [0, 0.05) is 12.1 Å². The van der Waals surface area contributed by atoms with Gasteiger partial charge in [-0.05, 0) is 53.6 Å². The maximum Gasteiger partial charge on any atom is 0.237 e. The predicted octanol–water partition coefficient (Wildman–Crippen LogP) is 1.74. The summed E-state index contributed by atoms with van der Waals surface area (Å²) in [6, 6.07) is 0.820. The molecule has 18 heavy (non-hydrogen) atoms. The second kappa shape index (κ2) is 7.74. The van der Waals surface area contributed by atoms with Gasteiger partial charge in [-0.25, -0.2) is 0 Å². The van der Waals surface area contributed by atoms with Gasteiger partial charge in [-0.15, -0.1) is 0 Å². The van der Waals surface area contributed by atoms with E-state index in [1.54, 1.807) is 0 Å². The van der Waals surface area contributed by atoms with Crippen molar-refractivity contribution in [2.45, 2.75) is 72.0 Å². The first kappa shape index (κ1) is 17.4. The molecule has 3 N–H and O–H groups in total. The van der Waals surface area contributed by atoms with E-state index in [1.165, 1.54) is 0 Å². The lowest BCUT2D eigenvalue weighted by Gasteiger charge is -2.38. The Balaban J connectivity index is 4.75. The van der Waals surface area contributed by atoms with Crippen LogP contribution in [0.2, 0.25) is 0 Å². The van der Waals surface area contributed by atoms with E-state index in [-0.39, 0.29) is 5.91 Å². The molecule has 0 rings (SSSR count). The Bertz CT molecular complexity index is 255. The highest BCUT2D eigenvalue weighted by Crippen LogP contribution is 2.18. The Kier molecular flexibility index (Phi) is 7.48. The Morgan fingerprint density at radius 2 is 1.89 bits per heavy atom. The monoisotopic (exact) mass is 257 g/mol. The zero-order valence-corrected chi connectivity index (χ0v) is 12.9. The maximum absolute atomic E-state index is 11.6. The van der Waals surface area contributed by atoms with Gasteiger partial charge in [0.05, 0.1) is 5.54 Å². The second-order valence-corrected chi connectivity index (χ2v) is 5.61. The number of likely N-dealkylation sites (N-methyl/N-ethyl adjacent to an activating group) is 1. The molecule has 0 aliphatic carbocycles. The summed E-state index contributed by atoms with van der Waals surface area (Å²) in [4.78, 5) is 14.1. The molecule has 4 heteroatoms. The first-order chi connectivity index (χ1) is 8.28. The van der Waals surface area contributed by atoms with E-state index in [0.29, 0.717) is 12.1 Å². The van der Waals surface area contributed by atoms with Crippen molar-refractivity contribution in [2.75, 3.05) is 13.1 Å². The van der Waals surface area contributed by atoms with Gasteiger partial charge < -0.3 is 11.1 Å². The first-order valence-corrected chi connectivity index (χ1v) is 7.09. The van der Waals surface area contributed by atoms with Gasteiger partial charge in [0.1, 0.15) is 0 Å². The Morgan fingerprint density at radius 1 is 1.33 bits per heavy atom. The van der Waals surface area contributed by atoms with Gasteiger partial charge in [0.15, 0.2) is 0 Å². The molecule has 0 heterocycles. The van der Waals surface area contributed by atoms with Gasteiger partial charge in [0.25, 0.3) is 0 Å². The molecule has 0 spiro atoms. The third-order valence-electron chi connectivity index (χ3n) is 3.53. The molecule has 0 aromatic heterocycles. The summed E-state index contributed by atoms with van der Waals surface area (Å²) in [6.07, 6.45) is 1.87. The van der Waals surface area contributed by atoms with Crippen LogP contribution in [0.15, 0.2) is 0 Å². The molecule has 0 radical (unpaired) electrons. The van der Waals surface area contributed by atoms with E-state index in [2.05, 4.69) is 37.9 Å². The summed E-state index contributed by atoms with van der Waals surface area (Å²) in [6.45, 7) is 14.5. The van der Waals surface area contributed by atoms with Gasteiger partial charge in [0.2, 0.25) is 5.91 Å². The SMILES string of the molecule is CCCN(C(C)C)C(C)CC(C)(NCC)C(N)=O. The molecule has 0 saturated carbocycles. The Hall–Kier alpha value is -0.610. The van der Waals surface area contributed by atoms with E-state index in [1.807, 2.05) is 13.8 Å². The van der Waals surface area contributed by atoms with E-state index < -0.39 is 5.54 Å². The number of rotatable bonds is 9. The van der Waals surface area contributed by atoms with Crippen molar-refractivity contribution in [2.24, 2.45) is 5.73 Å². The topological polar surface area (TPSA) is 58.4 Å². The van der Waals surface area contributed by atoms with E-state index in [4.69, 9.17) is 5.73 Å². The summed E-state index contributed by atoms with van der Waals surface area (Å²) in [5.41, 5.74) is 4.92. The number of carbonyl (C=O) groups is 1. The Labute approximate surface area is 112 Å². The average molecular weight is 257 g/mol. The van der Waals surface area contributed by atoms with Crippen LogP contribution >= 0.6 is 0 Å². The van der Waals surface area contributed by atoms with Crippen molar-refractivity contribution in [1.29, 1.82) is 0 Å². The Morgan fingerprint density at radius 3 is 2.22 bits per heavy atom. The lowest BCUT2D eigenvalue weighted by atomic mass is 9.91. The van der Waals surface area contributed by atoms with Gasteiger partial charge >= 0.3 is 0 Å². The van der Waals surface area contributed by atoms with Gasteiger partial charge in [-0.3, -0.25) is 9.69 Å².